The number of carbonyl (C=O) groups is 1. The summed E-state index contributed by atoms with van der Waals surface area (Å²) in [5, 5.41) is 2.71. The van der Waals surface area contributed by atoms with Crippen LogP contribution in [0.2, 0.25) is 0 Å². The fraction of sp³-hybridized carbons (Fsp3) is 0.857. The monoisotopic (exact) mass is 158 g/mol. The van der Waals surface area contributed by atoms with Crippen LogP contribution in [0, 0.1) is 0 Å². The highest BCUT2D eigenvalue weighted by Gasteiger charge is 2.23. The fourth-order valence-corrected chi connectivity index (χ4v) is 0.684. The summed E-state index contributed by atoms with van der Waals surface area (Å²) in [6.45, 7) is 0.992. The maximum atomic E-state index is 10.8. The number of alkyl carbamates (subject to hydrolysis) is 1. The van der Waals surface area contributed by atoms with Crippen LogP contribution in [0.5, 0.6) is 0 Å². The molecule has 0 saturated heterocycles. The van der Waals surface area contributed by atoms with E-state index in [1.54, 1.807) is 0 Å². The summed E-state index contributed by atoms with van der Waals surface area (Å²) in [7, 11) is 0. The number of rotatable bonds is 4. The molecular formula is C7H14N2O2. The zero-order chi connectivity index (χ0) is 8.10. The summed E-state index contributed by atoms with van der Waals surface area (Å²) in [6.07, 6.45) is 2.61. The zero-order valence-corrected chi connectivity index (χ0v) is 6.51. The Balaban J connectivity index is 1.92. The van der Waals surface area contributed by atoms with Gasteiger partial charge in [0.1, 0.15) is 0 Å². The highest BCUT2D eigenvalue weighted by molar-refractivity contribution is 5.67. The Kier molecular flexibility index (Phi) is 3.16. The standard InChI is InChI=1S/C7H14N2O2/c8-4-1-5-11-7(10)9-6-2-3-6/h6H,1-5,8H2,(H,9,10). The highest BCUT2D eigenvalue weighted by atomic mass is 16.5. The van der Waals surface area contributed by atoms with Crippen molar-refractivity contribution in [1.29, 1.82) is 0 Å². The van der Waals surface area contributed by atoms with Crippen molar-refractivity contribution < 1.29 is 9.53 Å². The van der Waals surface area contributed by atoms with Gasteiger partial charge >= 0.3 is 6.09 Å². The molecule has 1 aliphatic carbocycles. The third kappa shape index (κ3) is 3.83. The summed E-state index contributed by atoms with van der Waals surface area (Å²) < 4.78 is 4.80. The molecule has 1 aliphatic rings. The van der Waals surface area contributed by atoms with E-state index in [0.717, 1.165) is 19.3 Å². The van der Waals surface area contributed by atoms with Crippen LogP contribution < -0.4 is 11.1 Å². The molecule has 4 heteroatoms. The molecule has 11 heavy (non-hydrogen) atoms. The van der Waals surface area contributed by atoms with E-state index in [2.05, 4.69) is 5.32 Å². The van der Waals surface area contributed by atoms with Crippen LogP contribution in [-0.4, -0.2) is 25.3 Å². The number of nitrogens with two attached hydrogens (primary N) is 1. The van der Waals surface area contributed by atoms with E-state index >= 15 is 0 Å². The Hall–Kier alpha value is -0.770. The molecule has 1 saturated carbocycles. The summed E-state index contributed by atoms with van der Waals surface area (Å²) in [5.41, 5.74) is 5.22. The first-order valence-corrected chi connectivity index (χ1v) is 3.96. The molecule has 3 N–H and O–H groups in total. The lowest BCUT2D eigenvalue weighted by atomic mass is 10.5. The average molecular weight is 158 g/mol. The van der Waals surface area contributed by atoms with Gasteiger partial charge in [0.05, 0.1) is 6.61 Å². The van der Waals surface area contributed by atoms with Gasteiger partial charge in [-0.05, 0) is 25.8 Å². The minimum absolute atomic E-state index is 0.305. The van der Waals surface area contributed by atoms with Crippen molar-refractivity contribution in [3.8, 4) is 0 Å². The summed E-state index contributed by atoms with van der Waals surface area (Å²) in [5.74, 6) is 0. The summed E-state index contributed by atoms with van der Waals surface area (Å²) in [6, 6.07) is 0.375. The van der Waals surface area contributed by atoms with Crippen LogP contribution in [-0.2, 0) is 4.74 Å². The first-order valence-electron chi connectivity index (χ1n) is 3.96. The number of amides is 1. The van der Waals surface area contributed by atoms with Gasteiger partial charge in [-0.1, -0.05) is 0 Å². The molecule has 0 heterocycles. The van der Waals surface area contributed by atoms with E-state index in [0.29, 0.717) is 19.2 Å². The molecule has 0 unspecified atom stereocenters. The minimum atomic E-state index is -0.305. The Morgan fingerprint density at radius 2 is 2.36 bits per heavy atom. The topological polar surface area (TPSA) is 64.3 Å². The first-order chi connectivity index (χ1) is 5.33. The largest absolute Gasteiger partial charge is 0.450 e. The maximum absolute atomic E-state index is 10.8. The second kappa shape index (κ2) is 4.18. The fourth-order valence-electron chi connectivity index (χ4n) is 0.684. The van der Waals surface area contributed by atoms with Crippen LogP contribution in [0.15, 0.2) is 0 Å². The van der Waals surface area contributed by atoms with Gasteiger partial charge in [-0.3, -0.25) is 0 Å². The molecule has 1 amide bonds. The van der Waals surface area contributed by atoms with Crippen LogP contribution in [0.25, 0.3) is 0 Å². The molecule has 1 rings (SSSR count). The molecule has 0 spiro atoms. The Morgan fingerprint density at radius 3 is 2.91 bits per heavy atom. The number of carbonyl (C=O) groups excluding carboxylic acids is 1. The molecule has 0 bridgehead atoms. The van der Waals surface area contributed by atoms with Crippen molar-refractivity contribution in [3.63, 3.8) is 0 Å². The predicted molar refractivity (Wildman–Crippen MR) is 41.2 cm³/mol. The van der Waals surface area contributed by atoms with E-state index in [-0.39, 0.29) is 6.09 Å². The van der Waals surface area contributed by atoms with Gasteiger partial charge in [0.25, 0.3) is 0 Å². The first kappa shape index (κ1) is 8.33. The van der Waals surface area contributed by atoms with Gasteiger partial charge < -0.3 is 15.8 Å². The van der Waals surface area contributed by atoms with Gasteiger partial charge in [0.15, 0.2) is 0 Å². The molecule has 1 fully saturated rings. The van der Waals surface area contributed by atoms with Gasteiger partial charge in [0.2, 0.25) is 0 Å². The smallest absolute Gasteiger partial charge is 0.407 e. The summed E-state index contributed by atoms with van der Waals surface area (Å²) >= 11 is 0. The van der Waals surface area contributed by atoms with Crippen LogP contribution >= 0.6 is 0 Å². The average Bonchev–Trinajstić information content (AvgIpc) is 2.72. The van der Waals surface area contributed by atoms with E-state index in [1.807, 2.05) is 0 Å². The minimum Gasteiger partial charge on any atom is -0.450 e. The lowest BCUT2D eigenvalue weighted by molar-refractivity contribution is 0.145. The molecule has 4 nitrogen and oxygen atoms in total. The zero-order valence-electron chi connectivity index (χ0n) is 6.51. The lowest BCUT2D eigenvalue weighted by Crippen LogP contribution is -2.26. The maximum Gasteiger partial charge on any atom is 0.407 e. The Labute approximate surface area is 66.1 Å². The van der Waals surface area contributed by atoms with E-state index in [4.69, 9.17) is 10.5 Å². The molecule has 0 atom stereocenters. The second-order valence-electron chi connectivity index (χ2n) is 2.70. The lowest BCUT2D eigenvalue weighted by Gasteiger charge is -2.03. The molecule has 0 aliphatic heterocycles. The van der Waals surface area contributed by atoms with E-state index < -0.39 is 0 Å². The van der Waals surface area contributed by atoms with Crippen molar-refractivity contribution in [3.05, 3.63) is 0 Å². The van der Waals surface area contributed by atoms with E-state index in [1.165, 1.54) is 0 Å². The third-order valence-corrected chi connectivity index (χ3v) is 1.48. The number of ether oxygens (including phenoxy) is 1. The molecule has 0 aromatic rings. The predicted octanol–water partition coefficient (Wildman–Crippen LogP) is 0.224. The van der Waals surface area contributed by atoms with Crippen molar-refractivity contribution in [2.24, 2.45) is 5.73 Å². The van der Waals surface area contributed by atoms with Gasteiger partial charge in [-0.25, -0.2) is 4.79 Å². The number of nitrogens with one attached hydrogen (secondary N) is 1. The van der Waals surface area contributed by atoms with Crippen LogP contribution in [0.1, 0.15) is 19.3 Å². The molecular weight excluding hydrogens is 144 g/mol. The molecule has 64 valence electrons. The normalized spacial score (nSPS) is 16.1. The van der Waals surface area contributed by atoms with Gasteiger partial charge in [-0.2, -0.15) is 0 Å². The Morgan fingerprint density at radius 1 is 1.64 bits per heavy atom. The van der Waals surface area contributed by atoms with Crippen molar-refractivity contribution in [1.82, 2.24) is 5.32 Å². The van der Waals surface area contributed by atoms with Crippen LogP contribution in [0.3, 0.4) is 0 Å². The number of hydrogen-bond donors (Lipinski definition) is 2. The van der Waals surface area contributed by atoms with Crippen molar-refractivity contribution in [2.45, 2.75) is 25.3 Å². The molecule has 0 radical (unpaired) electrons. The SMILES string of the molecule is NCCCOC(=O)NC1CC1. The quantitative estimate of drug-likeness (QED) is 0.575. The van der Waals surface area contributed by atoms with Crippen LogP contribution in [0.4, 0.5) is 4.79 Å². The van der Waals surface area contributed by atoms with Gasteiger partial charge in [-0.15, -0.1) is 0 Å². The van der Waals surface area contributed by atoms with Crippen molar-refractivity contribution in [2.75, 3.05) is 13.2 Å². The van der Waals surface area contributed by atoms with Gasteiger partial charge in [0, 0.05) is 6.04 Å². The second-order valence-corrected chi connectivity index (χ2v) is 2.70. The number of hydrogen-bond acceptors (Lipinski definition) is 3. The highest BCUT2D eigenvalue weighted by Crippen LogP contribution is 2.18. The molecule has 0 aromatic carbocycles. The third-order valence-electron chi connectivity index (χ3n) is 1.48. The van der Waals surface area contributed by atoms with E-state index in [9.17, 15) is 4.79 Å². The summed E-state index contributed by atoms with van der Waals surface area (Å²) in [4.78, 5) is 10.8. The Bertz CT molecular complexity index is 134. The van der Waals surface area contributed by atoms with Crippen molar-refractivity contribution >= 4 is 6.09 Å². The molecule has 0 aromatic heterocycles.